The summed E-state index contributed by atoms with van der Waals surface area (Å²) in [5.41, 5.74) is 0.925. The highest BCUT2D eigenvalue weighted by atomic mass is 35.5. The van der Waals surface area contributed by atoms with Crippen LogP contribution in [0.2, 0.25) is 5.02 Å². The number of nitrogens with one attached hydrogen (secondary N) is 1. The number of anilines is 1. The van der Waals surface area contributed by atoms with Crippen LogP contribution < -0.4 is 9.46 Å². The number of benzene rings is 1. The van der Waals surface area contributed by atoms with Gasteiger partial charge in [0.05, 0.1) is 23.4 Å². The first-order chi connectivity index (χ1) is 13.9. The summed E-state index contributed by atoms with van der Waals surface area (Å²) in [6, 6.07) is 7.63. The highest BCUT2D eigenvalue weighted by molar-refractivity contribution is 7.73. The minimum Gasteiger partial charge on any atom is -0.496 e. The van der Waals surface area contributed by atoms with E-state index in [1.807, 2.05) is 0 Å². The van der Waals surface area contributed by atoms with E-state index in [0.717, 1.165) is 0 Å². The predicted octanol–water partition coefficient (Wildman–Crippen LogP) is 1.28. The number of carbonyl (C=O) groups excluding carboxylic acids is 2. The van der Waals surface area contributed by atoms with Crippen LogP contribution in [0.3, 0.4) is 0 Å². The number of carbonyl (C=O) groups is 2. The van der Waals surface area contributed by atoms with Crippen LogP contribution >= 0.6 is 11.6 Å². The number of hydrogen-bond donors (Lipinski definition) is 2. The van der Waals surface area contributed by atoms with Gasteiger partial charge in [0.2, 0.25) is 10.9 Å². The van der Waals surface area contributed by atoms with Gasteiger partial charge in [-0.05, 0) is 24.3 Å². The minimum absolute atomic E-state index is 0.214. The average molecular weight is 439 g/mol. The SMILES string of the molecule is COc1cc(N[SH](=O)=O)ccc1C(=O)N1CCN(C(=O)c2ccc(Cl)cn2)CC1. The molecule has 1 N–H and O–H groups in total. The molecule has 2 aromatic rings. The van der Waals surface area contributed by atoms with E-state index in [4.69, 9.17) is 16.3 Å². The Morgan fingerprint density at radius 1 is 1.07 bits per heavy atom. The van der Waals surface area contributed by atoms with Crippen molar-refractivity contribution in [2.24, 2.45) is 0 Å². The van der Waals surface area contributed by atoms with Crippen molar-refractivity contribution in [2.45, 2.75) is 0 Å². The highest BCUT2D eigenvalue weighted by Crippen LogP contribution is 2.25. The maximum Gasteiger partial charge on any atom is 0.272 e. The lowest BCUT2D eigenvalue weighted by Gasteiger charge is -2.34. The fourth-order valence-electron chi connectivity index (χ4n) is 2.99. The normalized spacial score (nSPS) is 14.0. The number of amides is 2. The molecule has 0 unspecified atom stereocenters. The van der Waals surface area contributed by atoms with Gasteiger partial charge in [-0.3, -0.25) is 14.3 Å². The zero-order valence-corrected chi connectivity index (χ0v) is 17.2. The molecular formula is C18H19ClN4O5S. The van der Waals surface area contributed by atoms with Gasteiger partial charge in [0.25, 0.3) is 11.8 Å². The van der Waals surface area contributed by atoms with Gasteiger partial charge in [0.1, 0.15) is 11.4 Å². The van der Waals surface area contributed by atoms with Crippen molar-refractivity contribution >= 4 is 40.0 Å². The molecule has 3 rings (SSSR count). The van der Waals surface area contributed by atoms with Crippen molar-refractivity contribution in [1.82, 2.24) is 14.8 Å². The second-order valence-corrected chi connectivity index (χ2v) is 7.40. The van der Waals surface area contributed by atoms with Crippen molar-refractivity contribution < 1.29 is 22.7 Å². The van der Waals surface area contributed by atoms with E-state index in [1.54, 1.807) is 21.9 Å². The van der Waals surface area contributed by atoms with Gasteiger partial charge in [0.15, 0.2) is 0 Å². The van der Waals surface area contributed by atoms with E-state index in [-0.39, 0.29) is 17.6 Å². The zero-order chi connectivity index (χ0) is 21.0. The molecule has 1 aliphatic rings. The first kappa shape index (κ1) is 20.9. The second-order valence-electron chi connectivity index (χ2n) is 6.23. The van der Waals surface area contributed by atoms with Crippen LogP contribution in [0.5, 0.6) is 5.75 Å². The third-order valence-corrected chi connectivity index (χ3v) is 5.12. The van der Waals surface area contributed by atoms with Crippen LogP contribution in [0.25, 0.3) is 0 Å². The molecule has 0 spiro atoms. The summed E-state index contributed by atoms with van der Waals surface area (Å²) in [5.74, 6) is -0.203. The van der Waals surface area contributed by atoms with Crippen LogP contribution in [-0.2, 0) is 10.9 Å². The number of thiol groups is 1. The lowest BCUT2D eigenvalue weighted by molar-refractivity contribution is 0.0530. The number of aromatic nitrogens is 1. The number of rotatable bonds is 5. The quantitative estimate of drug-likeness (QED) is 0.681. The Kier molecular flexibility index (Phi) is 6.55. The van der Waals surface area contributed by atoms with Gasteiger partial charge >= 0.3 is 0 Å². The summed E-state index contributed by atoms with van der Waals surface area (Å²) in [7, 11) is -1.41. The summed E-state index contributed by atoms with van der Waals surface area (Å²) in [4.78, 5) is 32.7. The topological polar surface area (TPSA) is 109 Å². The monoisotopic (exact) mass is 438 g/mol. The molecule has 9 nitrogen and oxygen atoms in total. The molecule has 1 aliphatic heterocycles. The van der Waals surface area contributed by atoms with Gasteiger partial charge < -0.3 is 14.5 Å². The minimum atomic E-state index is -2.81. The van der Waals surface area contributed by atoms with Crippen LogP contribution in [0.4, 0.5) is 5.69 Å². The molecule has 1 fully saturated rings. The average Bonchev–Trinajstić information content (AvgIpc) is 2.73. The largest absolute Gasteiger partial charge is 0.496 e. The molecule has 1 saturated heterocycles. The summed E-state index contributed by atoms with van der Waals surface area (Å²) in [6.07, 6.45) is 1.42. The van der Waals surface area contributed by atoms with E-state index >= 15 is 0 Å². The maximum atomic E-state index is 12.9. The van der Waals surface area contributed by atoms with Gasteiger partial charge in [-0.25, -0.2) is 13.4 Å². The number of pyridine rings is 1. The van der Waals surface area contributed by atoms with Crippen LogP contribution in [0.15, 0.2) is 36.5 Å². The van der Waals surface area contributed by atoms with Crippen molar-refractivity contribution in [1.29, 1.82) is 0 Å². The molecule has 0 aliphatic carbocycles. The standard InChI is InChI=1S/C18H19ClN4O5S/c1-28-16-10-13(21-29(26)27)3-4-14(16)17(24)22-6-8-23(9-7-22)18(25)15-5-2-12(19)11-20-15/h2-5,10-11,29H,6-9H2,1H3,(H,21,26,27). The Bertz CT molecular complexity index is 980. The number of piperazine rings is 1. The Hall–Kier alpha value is -2.85. The fraction of sp³-hybridized carbons (Fsp3) is 0.278. The van der Waals surface area contributed by atoms with Crippen molar-refractivity contribution in [3.05, 3.63) is 52.8 Å². The van der Waals surface area contributed by atoms with Crippen LogP contribution in [0, 0.1) is 0 Å². The summed E-state index contributed by atoms with van der Waals surface area (Å²) in [6.45, 7) is 1.45. The van der Waals surface area contributed by atoms with Crippen molar-refractivity contribution in [3.8, 4) is 5.75 Å². The number of ether oxygens (including phenoxy) is 1. The fourth-order valence-corrected chi connectivity index (χ4v) is 3.45. The third-order valence-electron chi connectivity index (χ3n) is 4.45. The number of nitrogens with zero attached hydrogens (tertiary/aromatic N) is 3. The molecule has 0 atom stereocenters. The molecule has 1 aromatic carbocycles. The third kappa shape index (κ3) is 4.96. The van der Waals surface area contributed by atoms with Gasteiger partial charge in [-0.15, -0.1) is 0 Å². The van der Waals surface area contributed by atoms with E-state index < -0.39 is 10.9 Å². The first-order valence-corrected chi connectivity index (χ1v) is 10.2. The molecular weight excluding hydrogens is 420 g/mol. The van der Waals surface area contributed by atoms with E-state index in [2.05, 4.69) is 9.71 Å². The lowest BCUT2D eigenvalue weighted by atomic mass is 10.1. The molecule has 2 amide bonds. The number of hydrogen-bond acceptors (Lipinski definition) is 6. The highest BCUT2D eigenvalue weighted by Gasteiger charge is 2.27. The van der Waals surface area contributed by atoms with E-state index in [1.165, 1.54) is 31.5 Å². The van der Waals surface area contributed by atoms with Gasteiger partial charge in [-0.2, -0.15) is 0 Å². The second kappa shape index (κ2) is 9.10. The molecule has 0 bridgehead atoms. The Morgan fingerprint density at radius 3 is 2.28 bits per heavy atom. The zero-order valence-electron chi connectivity index (χ0n) is 15.5. The Labute approximate surface area is 174 Å². The molecule has 29 heavy (non-hydrogen) atoms. The van der Waals surface area contributed by atoms with E-state index in [0.29, 0.717) is 48.1 Å². The van der Waals surface area contributed by atoms with Gasteiger partial charge in [-0.1, -0.05) is 11.6 Å². The Morgan fingerprint density at radius 2 is 1.72 bits per heavy atom. The smallest absolute Gasteiger partial charge is 0.272 e. The van der Waals surface area contributed by atoms with Gasteiger partial charge in [0, 0.05) is 38.4 Å². The number of methoxy groups -OCH3 is 1. The van der Waals surface area contributed by atoms with Crippen LogP contribution in [-0.4, -0.2) is 68.3 Å². The number of halogens is 1. The van der Waals surface area contributed by atoms with Crippen molar-refractivity contribution in [2.75, 3.05) is 38.0 Å². The molecule has 154 valence electrons. The first-order valence-electron chi connectivity index (χ1n) is 8.68. The summed E-state index contributed by atoms with van der Waals surface area (Å²) >= 11 is 5.80. The Balaban J connectivity index is 1.66. The van der Waals surface area contributed by atoms with Crippen molar-refractivity contribution in [3.63, 3.8) is 0 Å². The van der Waals surface area contributed by atoms with Crippen LogP contribution in [0.1, 0.15) is 20.8 Å². The lowest BCUT2D eigenvalue weighted by Crippen LogP contribution is -2.50. The molecule has 11 heteroatoms. The molecule has 0 saturated carbocycles. The molecule has 2 heterocycles. The summed E-state index contributed by atoms with van der Waals surface area (Å²) < 4.78 is 29.1. The predicted molar refractivity (Wildman–Crippen MR) is 108 cm³/mol. The summed E-state index contributed by atoms with van der Waals surface area (Å²) in [5, 5.41) is 0.453. The van der Waals surface area contributed by atoms with E-state index in [9.17, 15) is 18.0 Å². The molecule has 0 radical (unpaired) electrons. The molecule has 1 aromatic heterocycles. The maximum absolute atomic E-state index is 12.9.